The molecule has 0 radical (unpaired) electrons. The quantitative estimate of drug-likeness (QED) is 0.574. The minimum Gasteiger partial charge on any atom is -0.399 e. The van der Waals surface area contributed by atoms with Gasteiger partial charge in [0.05, 0.1) is 10.0 Å². The molecule has 2 nitrogen and oxygen atoms in total. The lowest BCUT2D eigenvalue weighted by atomic mass is 10.1. The topological polar surface area (TPSA) is 21.6 Å². The number of nitrogens with zero attached hydrogens (tertiary/aromatic N) is 1. The Hall–Kier alpha value is -0.730. The maximum absolute atomic E-state index is 5.86. The van der Waals surface area contributed by atoms with Crippen LogP contribution in [0.15, 0.2) is 23.4 Å². The van der Waals surface area contributed by atoms with Gasteiger partial charge in [-0.2, -0.15) is 0 Å². The zero-order valence-corrected chi connectivity index (χ0v) is 9.35. The monoisotopic (exact) mass is 231 g/mol. The maximum atomic E-state index is 5.86. The minimum atomic E-state index is 0.584. The van der Waals surface area contributed by atoms with Gasteiger partial charge in [-0.15, -0.1) is 0 Å². The average Bonchev–Trinajstić information content (AvgIpc) is 2.18. The zero-order chi connectivity index (χ0) is 10.4. The van der Waals surface area contributed by atoms with Crippen molar-refractivity contribution in [3.05, 3.63) is 33.8 Å². The fourth-order valence-corrected chi connectivity index (χ4v) is 1.37. The van der Waals surface area contributed by atoms with Crippen LogP contribution in [0.2, 0.25) is 10.0 Å². The molecule has 0 saturated heterocycles. The lowest BCUT2D eigenvalue weighted by Gasteiger charge is -2.00. The standard InChI is InChI=1S/C10H11Cl2NO/c1-14-13-6-2-3-8-4-5-9(11)10(12)7-8/h4-7H,2-3H2,1H3. The van der Waals surface area contributed by atoms with Crippen LogP contribution >= 0.6 is 23.2 Å². The molecule has 0 aromatic heterocycles. The smallest absolute Gasteiger partial charge is 0.106 e. The molecule has 0 atom stereocenters. The van der Waals surface area contributed by atoms with Gasteiger partial charge in [-0.3, -0.25) is 0 Å². The van der Waals surface area contributed by atoms with E-state index in [1.165, 1.54) is 7.11 Å². The predicted molar refractivity (Wildman–Crippen MR) is 60.3 cm³/mol. The Labute approximate surface area is 93.5 Å². The molecule has 1 aromatic rings. The second-order valence-electron chi connectivity index (χ2n) is 2.76. The van der Waals surface area contributed by atoms with Crippen molar-refractivity contribution < 1.29 is 4.84 Å². The van der Waals surface area contributed by atoms with Crippen LogP contribution in [-0.4, -0.2) is 13.3 Å². The van der Waals surface area contributed by atoms with Crippen LogP contribution in [0.5, 0.6) is 0 Å². The van der Waals surface area contributed by atoms with Gasteiger partial charge in [0.25, 0.3) is 0 Å². The summed E-state index contributed by atoms with van der Waals surface area (Å²) < 4.78 is 0. The summed E-state index contributed by atoms with van der Waals surface area (Å²) in [4.78, 5) is 4.54. The van der Waals surface area contributed by atoms with E-state index in [0.29, 0.717) is 10.0 Å². The van der Waals surface area contributed by atoms with E-state index in [9.17, 15) is 0 Å². The number of hydrogen-bond donors (Lipinski definition) is 0. The number of halogens is 2. The first-order valence-corrected chi connectivity index (χ1v) is 4.98. The molecule has 0 aliphatic heterocycles. The molecule has 1 rings (SSSR count). The van der Waals surface area contributed by atoms with Crippen molar-refractivity contribution in [3.8, 4) is 0 Å². The van der Waals surface area contributed by atoms with E-state index in [-0.39, 0.29) is 0 Å². The third-order valence-electron chi connectivity index (χ3n) is 1.73. The Morgan fingerprint density at radius 3 is 2.79 bits per heavy atom. The summed E-state index contributed by atoms with van der Waals surface area (Å²) in [6, 6.07) is 5.62. The van der Waals surface area contributed by atoms with Gasteiger partial charge in [-0.05, 0) is 30.5 Å². The number of hydrogen-bond acceptors (Lipinski definition) is 2. The molecule has 0 saturated carbocycles. The van der Waals surface area contributed by atoms with E-state index >= 15 is 0 Å². The summed E-state index contributed by atoms with van der Waals surface area (Å²) in [6.45, 7) is 0. The molecule has 0 N–H and O–H groups in total. The molecule has 0 bridgehead atoms. The Balaban J connectivity index is 2.51. The summed E-state index contributed by atoms with van der Waals surface area (Å²) in [6.07, 6.45) is 3.43. The van der Waals surface area contributed by atoms with Crippen molar-refractivity contribution >= 4 is 29.4 Å². The highest BCUT2D eigenvalue weighted by molar-refractivity contribution is 6.42. The summed E-state index contributed by atoms with van der Waals surface area (Å²) in [5.74, 6) is 0. The van der Waals surface area contributed by atoms with Crippen molar-refractivity contribution in [2.24, 2.45) is 5.16 Å². The Morgan fingerprint density at radius 2 is 2.14 bits per heavy atom. The summed E-state index contributed by atoms with van der Waals surface area (Å²) in [7, 11) is 1.52. The van der Waals surface area contributed by atoms with Crippen molar-refractivity contribution in [1.82, 2.24) is 0 Å². The summed E-state index contributed by atoms with van der Waals surface area (Å²) in [5.41, 5.74) is 1.14. The highest BCUT2D eigenvalue weighted by Crippen LogP contribution is 2.22. The molecular formula is C10H11Cl2NO. The van der Waals surface area contributed by atoms with Gasteiger partial charge >= 0.3 is 0 Å². The Bertz CT molecular complexity index is 326. The highest BCUT2D eigenvalue weighted by atomic mass is 35.5. The van der Waals surface area contributed by atoms with Crippen LogP contribution < -0.4 is 0 Å². The predicted octanol–water partition coefficient (Wildman–Crippen LogP) is 3.56. The van der Waals surface area contributed by atoms with Gasteiger partial charge < -0.3 is 4.84 Å². The van der Waals surface area contributed by atoms with Crippen LogP contribution in [-0.2, 0) is 11.3 Å². The fourth-order valence-electron chi connectivity index (χ4n) is 1.05. The molecule has 0 heterocycles. The van der Waals surface area contributed by atoms with Crippen molar-refractivity contribution in [2.45, 2.75) is 12.8 Å². The van der Waals surface area contributed by atoms with Gasteiger partial charge in [0.15, 0.2) is 0 Å². The van der Waals surface area contributed by atoms with Crippen LogP contribution in [0.1, 0.15) is 12.0 Å². The maximum Gasteiger partial charge on any atom is 0.106 e. The Kier molecular flexibility index (Phi) is 4.77. The first kappa shape index (κ1) is 11.3. The molecule has 0 fully saturated rings. The Morgan fingerprint density at radius 1 is 1.36 bits per heavy atom. The second-order valence-corrected chi connectivity index (χ2v) is 3.57. The average molecular weight is 232 g/mol. The van der Waals surface area contributed by atoms with Crippen molar-refractivity contribution in [2.75, 3.05) is 7.11 Å². The molecular weight excluding hydrogens is 221 g/mol. The molecule has 0 amide bonds. The molecule has 0 aliphatic rings. The van der Waals surface area contributed by atoms with Crippen LogP contribution in [0.3, 0.4) is 0 Å². The van der Waals surface area contributed by atoms with Gasteiger partial charge in [-0.25, -0.2) is 0 Å². The molecule has 4 heteroatoms. The largest absolute Gasteiger partial charge is 0.399 e. The van der Waals surface area contributed by atoms with Crippen LogP contribution in [0, 0.1) is 0 Å². The zero-order valence-electron chi connectivity index (χ0n) is 7.84. The van der Waals surface area contributed by atoms with E-state index in [1.807, 2.05) is 12.1 Å². The fraction of sp³-hybridized carbons (Fsp3) is 0.300. The number of oxime groups is 1. The minimum absolute atomic E-state index is 0.584. The van der Waals surface area contributed by atoms with Crippen LogP contribution in [0.4, 0.5) is 0 Å². The third kappa shape index (κ3) is 3.56. The van der Waals surface area contributed by atoms with Gasteiger partial charge in [0.2, 0.25) is 0 Å². The second kappa shape index (κ2) is 5.89. The molecule has 0 unspecified atom stereocenters. The van der Waals surface area contributed by atoms with Gasteiger partial charge in [0.1, 0.15) is 7.11 Å². The van der Waals surface area contributed by atoms with E-state index in [1.54, 1.807) is 12.3 Å². The lowest BCUT2D eigenvalue weighted by Crippen LogP contribution is -1.86. The van der Waals surface area contributed by atoms with E-state index in [0.717, 1.165) is 18.4 Å². The first-order valence-electron chi connectivity index (χ1n) is 4.23. The van der Waals surface area contributed by atoms with E-state index in [2.05, 4.69) is 9.99 Å². The SMILES string of the molecule is CON=CCCc1ccc(Cl)c(Cl)c1. The van der Waals surface area contributed by atoms with Gasteiger partial charge in [0, 0.05) is 6.21 Å². The van der Waals surface area contributed by atoms with Crippen LogP contribution in [0.25, 0.3) is 0 Å². The van der Waals surface area contributed by atoms with E-state index < -0.39 is 0 Å². The molecule has 76 valence electrons. The lowest BCUT2D eigenvalue weighted by molar-refractivity contribution is 0.214. The first-order chi connectivity index (χ1) is 6.74. The number of rotatable bonds is 4. The normalized spacial score (nSPS) is 10.8. The molecule has 1 aromatic carbocycles. The van der Waals surface area contributed by atoms with Crippen molar-refractivity contribution in [3.63, 3.8) is 0 Å². The summed E-state index contributed by atoms with van der Waals surface area (Å²) >= 11 is 11.6. The highest BCUT2D eigenvalue weighted by Gasteiger charge is 1.98. The molecule has 0 spiro atoms. The summed E-state index contributed by atoms with van der Waals surface area (Å²) in [5, 5.41) is 4.82. The number of aryl methyl sites for hydroxylation is 1. The third-order valence-corrected chi connectivity index (χ3v) is 2.47. The van der Waals surface area contributed by atoms with Crippen molar-refractivity contribution in [1.29, 1.82) is 0 Å². The number of benzene rings is 1. The van der Waals surface area contributed by atoms with E-state index in [4.69, 9.17) is 23.2 Å². The molecule has 14 heavy (non-hydrogen) atoms. The van der Waals surface area contributed by atoms with Gasteiger partial charge in [-0.1, -0.05) is 34.4 Å². The molecule has 0 aliphatic carbocycles.